The predicted molar refractivity (Wildman–Crippen MR) is 293 cm³/mol. The van der Waals surface area contributed by atoms with Gasteiger partial charge in [-0.05, 0) is 83.5 Å². The Kier molecular flexibility index (Phi) is 52.9. The molecule has 0 rings (SSSR count). The number of unbranched alkanes of at least 4 members (excludes halogenated alkanes) is 23. The van der Waals surface area contributed by atoms with E-state index in [0.717, 1.165) is 89.9 Å². The Bertz CT molecular complexity index is 1360. The van der Waals surface area contributed by atoms with Gasteiger partial charge >= 0.3 is 17.9 Å². The first-order valence-electron chi connectivity index (χ1n) is 28.2. The molecule has 0 spiro atoms. The molecule has 0 bridgehead atoms. The van der Waals surface area contributed by atoms with Crippen LogP contribution in [0.1, 0.15) is 258 Å². The molecule has 0 amide bonds. The van der Waals surface area contributed by atoms with Crippen LogP contribution in [-0.4, -0.2) is 37.2 Å². The van der Waals surface area contributed by atoms with Crippen molar-refractivity contribution in [3.63, 3.8) is 0 Å². The molecule has 0 aromatic rings. The fraction of sp³-hybridized carbons (Fsp3) is 0.694. The number of esters is 3. The summed E-state index contributed by atoms with van der Waals surface area (Å²) in [6.07, 6.45) is 74.2. The van der Waals surface area contributed by atoms with E-state index in [9.17, 15) is 14.4 Å². The van der Waals surface area contributed by atoms with Crippen molar-refractivity contribution in [2.45, 2.75) is 264 Å². The van der Waals surface area contributed by atoms with Crippen molar-refractivity contribution in [3.05, 3.63) is 97.2 Å². The van der Waals surface area contributed by atoms with Crippen LogP contribution in [-0.2, 0) is 28.6 Å². The van der Waals surface area contributed by atoms with E-state index in [0.29, 0.717) is 19.3 Å². The Morgan fingerprint density at radius 2 is 0.603 bits per heavy atom. The highest BCUT2D eigenvalue weighted by Gasteiger charge is 2.19. The van der Waals surface area contributed by atoms with Crippen molar-refractivity contribution < 1.29 is 28.6 Å². The summed E-state index contributed by atoms with van der Waals surface area (Å²) in [4.78, 5) is 38.0. The maximum Gasteiger partial charge on any atom is 0.306 e. The van der Waals surface area contributed by atoms with E-state index >= 15 is 0 Å². The lowest BCUT2D eigenvalue weighted by Crippen LogP contribution is -2.30. The van der Waals surface area contributed by atoms with Crippen LogP contribution in [0.3, 0.4) is 0 Å². The van der Waals surface area contributed by atoms with Crippen molar-refractivity contribution >= 4 is 17.9 Å². The fourth-order valence-electron chi connectivity index (χ4n) is 7.68. The molecule has 6 heteroatoms. The normalized spacial score (nSPS) is 12.8. The van der Waals surface area contributed by atoms with Crippen LogP contribution in [0.5, 0.6) is 0 Å². The quantitative estimate of drug-likeness (QED) is 0.0262. The number of carbonyl (C=O) groups excluding carboxylic acids is 3. The molecule has 388 valence electrons. The summed E-state index contributed by atoms with van der Waals surface area (Å²) in [6, 6.07) is 0. The van der Waals surface area contributed by atoms with Crippen LogP contribution in [0.15, 0.2) is 97.2 Å². The van der Waals surface area contributed by atoms with E-state index in [-0.39, 0.29) is 37.5 Å². The van der Waals surface area contributed by atoms with Crippen LogP contribution in [0.2, 0.25) is 0 Å². The zero-order valence-corrected chi connectivity index (χ0v) is 44.3. The molecular formula is C62H104O6. The topological polar surface area (TPSA) is 78.9 Å². The van der Waals surface area contributed by atoms with Crippen molar-refractivity contribution in [2.75, 3.05) is 13.2 Å². The van der Waals surface area contributed by atoms with Gasteiger partial charge in [-0.3, -0.25) is 14.4 Å². The lowest BCUT2D eigenvalue weighted by atomic mass is 10.0. The zero-order chi connectivity index (χ0) is 49.3. The Morgan fingerprint density at radius 1 is 0.309 bits per heavy atom. The number of carbonyl (C=O) groups is 3. The highest BCUT2D eigenvalue weighted by atomic mass is 16.6. The summed E-state index contributed by atoms with van der Waals surface area (Å²) in [6.45, 7) is 6.35. The molecule has 0 aliphatic heterocycles. The summed E-state index contributed by atoms with van der Waals surface area (Å²) in [5.41, 5.74) is 0. The van der Waals surface area contributed by atoms with Crippen molar-refractivity contribution in [3.8, 4) is 0 Å². The maximum atomic E-state index is 12.8. The van der Waals surface area contributed by atoms with Gasteiger partial charge in [-0.15, -0.1) is 0 Å². The molecule has 6 nitrogen and oxygen atoms in total. The van der Waals surface area contributed by atoms with Crippen LogP contribution in [0, 0.1) is 0 Å². The molecule has 0 heterocycles. The van der Waals surface area contributed by atoms with Crippen molar-refractivity contribution in [1.29, 1.82) is 0 Å². The molecule has 0 N–H and O–H groups in total. The summed E-state index contributed by atoms with van der Waals surface area (Å²) >= 11 is 0. The Balaban J connectivity index is 4.31. The van der Waals surface area contributed by atoms with Crippen LogP contribution in [0.4, 0.5) is 0 Å². The molecule has 0 aromatic carbocycles. The molecule has 1 atom stereocenters. The maximum absolute atomic E-state index is 12.8. The van der Waals surface area contributed by atoms with Gasteiger partial charge in [0.15, 0.2) is 6.10 Å². The summed E-state index contributed by atoms with van der Waals surface area (Å²) < 4.78 is 16.8. The third-order valence-electron chi connectivity index (χ3n) is 11.8. The molecule has 0 saturated carbocycles. The highest BCUT2D eigenvalue weighted by molar-refractivity contribution is 5.71. The summed E-state index contributed by atoms with van der Waals surface area (Å²) in [5, 5.41) is 0. The second kappa shape index (κ2) is 55.9. The minimum atomic E-state index is -0.814. The Morgan fingerprint density at radius 3 is 0.956 bits per heavy atom. The van der Waals surface area contributed by atoms with Gasteiger partial charge in [-0.1, -0.05) is 253 Å². The van der Waals surface area contributed by atoms with E-state index in [1.807, 2.05) is 12.2 Å². The number of hydrogen-bond donors (Lipinski definition) is 0. The van der Waals surface area contributed by atoms with E-state index in [2.05, 4.69) is 106 Å². The van der Waals surface area contributed by atoms with Gasteiger partial charge < -0.3 is 14.2 Å². The first kappa shape index (κ1) is 64.3. The van der Waals surface area contributed by atoms with E-state index in [1.54, 1.807) is 0 Å². The van der Waals surface area contributed by atoms with E-state index in [1.165, 1.54) is 122 Å². The van der Waals surface area contributed by atoms with Crippen LogP contribution >= 0.6 is 0 Å². The van der Waals surface area contributed by atoms with Gasteiger partial charge in [0.1, 0.15) is 13.2 Å². The van der Waals surface area contributed by atoms with Crippen molar-refractivity contribution in [1.82, 2.24) is 0 Å². The summed E-state index contributed by atoms with van der Waals surface area (Å²) in [5.74, 6) is -0.986. The second-order valence-electron chi connectivity index (χ2n) is 18.4. The van der Waals surface area contributed by atoms with E-state index < -0.39 is 6.10 Å². The van der Waals surface area contributed by atoms with Gasteiger partial charge in [-0.2, -0.15) is 0 Å². The predicted octanol–water partition coefficient (Wildman–Crippen LogP) is 18.9. The summed E-state index contributed by atoms with van der Waals surface area (Å²) in [7, 11) is 0. The number of allylic oxidation sites excluding steroid dienone is 16. The van der Waals surface area contributed by atoms with Crippen molar-refractivity contribution in [2.24, 2.45) is 0 Å². The molecule has 1 unspecified atom stereocenters. The van der Waals surface area contributed by atoms with Gasteiger partial charge in [-0.25, -0.2) is 0 Å². The van der Waals surface area contributed by atoms with Gasteiger partial charge in [0, 0.05) is 19.3 Å². The Hall–Kier alpha value is -3.67. The molecule has 0 radical (unpaired) electrons. The standard InChI is InChI=1S/C62H104O6/c1-4-7-10-13-16-19-22-25-26-27-28-29-30-31-32-33-34-35-36-38-40-43-46-49-52-55-61(64)67-58-59(57-66-60(63)54-51-48-45-42-39-24-21-18-15-12-9-6-3)68-62(65)56-53-50-47-44-41-37-23-20-17-14-11-8-5-2/h7-8,10-11,16-17,19-20,25-26,28-29,37,41,47,50,59H,4-6,9,12-15,18,21-24,27,30-36,38-40,42-46,48-49,51-58H2,1-3H3/b10-7-,11-8-,19-16-,20-17-,26-25-,29-28-,41-37-,50-47-. The third-order valence-corrected chi connectivity index (χ3v) is 11.8. The molecule has 68 heavy (non-hydrogen) atoms. The molecule has 0 fully saturated rings. The molecule has 0 aliphatic carbocycles. The minimum Gasteiger partial charge on any atom is -0.462 e. The fourth-order valence-corrected chi connectivity index (χ4v) is 7.68. The average molecular weight is 946 g/mol. The molecular weight excluding hydrogens is 841 g/mol. The lowest BCUT2D eigenvalue weighted by molar-refractivity contribution is -0.166. The third kappa shape index (κ3) is 53.3. The van der Waals surface area contributed by atoms with Gasteiger partial charge in [0.25, 0.3) is 0 Å². The highest BCUT2D eigenvalue weighted by Crippen LogP contribution is 2.15. The van der Waals surface area contributed by atoms with Crippen LogP contribution < -0.4 is 0 Å². The minimum absolute atomic E-state index is 0.104. The Labute approximate surface area is 419 Å². The first-order chi connectivity index (χ1) is 33.5. The molecule has 0 aliphatic rings. The number of ether oxygens (including phenoxy) is 3. The zero-order valence-electron chi connectivity index (χ0n) is 44.3. The second-order valence-corrected chi connectivity index (χ2v) is 18.4. The first-order valence-corrected chi connectivity index (χ1v) is 28.2. The van der Waals surface area contributed by atoms with Gasteiger partial charge in [0.05, 0.1) is 0 Å². The SMILES string of the molecule is CC/C=C\C/C=C\C/C=C\C/C=C\CCCCCCCCCCCCCCC(=O)OCC(COC(=O)CCCCCCCCCCCCCC)OC(=O)CC/C=C\C/C=C\C/C=C\C/C=C\CC. The monoisotopic (exact) mass is 945 g/mol. The number of rotatable bonds is 50. The molecule has 0 aromatic heterocycles. The van der Waals surface area contributed by atoms with Crippen LogP contribution in [0.25, 0.3) is 0 Å². The van der Waals surface area contributed by atoms with E-state index in [4.69, 9.17) is 14.2 Å². The molecule has 0 saturated heterocycles. The van der Waals surface area contributed by atoms with Gasteiger partial charge in [0.2, 0.25) is 0 Å². The smallest absolute Gasteiger partial charge is 0.306 e. The average Bonchev–Trinajstić information content (AvgIpc) is 3.34. The lowest BCUT2D eigenvalue weighted by Gasteiger charge is -2.18. The largest absolute Gasteiger partial charge is 0.462 e. The number of hydrogen-bond acceptors (Lipinski definition) is 6.